The van der Waals surface area contributed by atoms with Crippen LogP contribution < -0.4 is 11.1 Å². The minimum atomic E-state index is -4.32. The quantitative estimate of drug-likeness (QED) is 0.811. The molecule has 22 heavy (non-hydrogen) atoms. The molecule has 0 heterocycles. The maximum Gasteiger partial charge on any atom is 0.411 e. The first kappa shape index (κ1) is 18.4. The van der Waals surface area contributed by atoms with Gasteiger partial charge in [-0.05, 0) is 17.0 Å². The Morgan fingerprint density at radius 1 is 1.23 bits per heavy atom. The number of benzene rings is 1. The molecule has 0 aromatic heterocycles. The highest BCUT2D eigenvalue weighted by atomic mass is 19.4. The summed E-state index contributed by atoms with van der Waals surface area (Å²) in [5.41, 5.74) is 7.19. The zero-order chi connectivity index (χ0) is 16.8. The molecule has 0 saturated heterocycles. The number of nitrogens with one attached hydrogen (secondary N) is 1. The predicted molar refractivity (Wildman–Crippen MR) is 76.8 cm³/mol. The Bertz CT molecular complexity index is 473. The number of alkyl halides is 3. The molecule has 0 bridgehead atoms. The average Bonchev–Trinajstić information content (AvgIpc) is 2.43. The lowest BCUT2D eigenvalue weighted by molar-refractivity contribution is -0.176. The van der Waals surface area contributed by atoms with Crippen molar-refractivity contribution in [2.75, 3.05) is 6.61 Å². The van der Waals surface area contributed by atoms with Crippen LogP contribution in [0.2, 0.25) is 0 Å². The minimum absolute atomic E-state index is 0.0492. The van der Waals surface area contributed by atoms with E-state index in [0.29, 0.717) is 12.1 Å². The fourth-order valence-electron chi connectivity index (χ4n) is 1.65. The summed E-state index contributed by atoms with van der Waals surface area (Å²) in [4.78, 5) is 11.7. The van der Waals surface area contributed by atoms with Gasteiger partial charge in [0.25, 0.3) is 0 Å². The van der Waals surface area contributed by atoms with Gasteiger partial charge in [-0.25, -0.2) is 0 Å². The summed E-state index contributed by atoms with van der Waals surface area (Å²) in [6.07, 6.45) is -4.32. The van der Waals surface area contributed by atoms with Gasteiger partial charge in [0.05, 0.1) is 12.6 Å². The molecule has 1 aromatic carbocycles. The van der Waals surface area contributed by atoms with Gasteiger partial charge in [-0.1, -0.05) is 38.1 Å². The van der Waals surface area contributed by atoms with Crippen LogP contribution >= 0.6 is 0 Å². The molecule has 0 aliphatic rings. The maximum absolute atomic E-state index is 11.9. The van der Waals surface area contributed by atoms with Gasteiger partial charge >= 0.3 is 6.18 Å². The van der Waals surface area contributed by atoms with E-state index in [2.05, 4.69) is 10.1 Å². The van der Waals surface area contributed by atoms with Crippen molar-refractivity contribution in [3.8, 4) is 0 Å². The number of halogens is 3. The molecular formula is C15H21F3N2O2. The van der Waals surface area contributed by atoms with Crippen LogP contribution in [0.1, 0.15) is 25.0 Å². The van der Waals surface area contributed by atoms with Crippen molar-refractivity contribution in [2.45, 2.75) is 39.2 Å². The lowest BCUT2D eigenvalue weighted by Gasteiger charge is -2.15. The minimum Gasteiger partial charge on any atom is -0.367 e. The van der Waals surface area contributed by atoms with Gasteiger partial charge < -0.3 is 15.8 Å². The molecule has 0 aliphatic carbocycles. The standard InChI is InChI=1S/C15H21F3N2O2/c1-10(2)13(19)14(21)20-7-11-3-5-12(6-4-11)8-22-9-15(16,17)18/h3-6,10,13H,7-9,19H2,1-2H3,(H,20,21)/t13-/m0/s1. The number of amides is 1. The van der Waals surface area contributed by atoms with Crippen LogP contribution in [0.25, 0.3) is 0 Å². The Hall–Kier alpha value is -1.60. The van der Waals surface area contributed by atoms with E-state index in [0.717, 1.165) is 5.56 Å². The van der Waals surface area contributed by atoms with E-state index in [9.17, 15) is 18.0 Å². The van der Waals surface area contributed by atoms with Crippen LogP contribution in [0.3, 0.4) is 0 Å². The van der Waals surface area contributed by atoms with Crippen molar-refractivity contribution in [1.82, 2.24) is 5.32 Å². The second-order valence-electron chi connectivity index (χ2n) is 5.41. The number of hydrogen-bond donors (Lipinski definition) is 2. The summed E-state index contributed by atoms with van der Waals surface area (Å²) in [6, 6.07) is 6.23. The molecule has 0 unspecified atom stereocenters. The summed E-state index contributed by atoms with van der Waals surface area (Å²) in [6.45, 7) is 2.67. The van der Waals surface area contributed by atoms with Gasteiger partial charge in [0.1, 0.15) is 6.61 Å². The largest absolute Gasteiger partial charge is 0.411 e. The Morgan fingerprint density at radius 2 is 1.77 bits per heavy atom. The third-order valence-corrected chi connectivity index (χ3v) is 3.05. The maximum atomic E-state index is 11.9. The Morgan fingerprint density at radius 3 is 2.27 bits per heavy atom. The van der Waals surface area contributed by atoms with E-state index in [1.165, 1.54) is 0 Å². The number of carbonyl (C=O) groups is 1. The van der Waals surface area contributed by atoms with Crippen molar-refractivity contribution in [1.29, 1.82) is 0 Å². The first-order chi connectivity index (χ1) is 10.2. The van der Waals surface area contributed by atoms with Crippen LogP contribution in [0.4, 0.5) is 13.2 Å². The fourth-order valence-corrected chi connectivity index (χ4v) is 1.65. The molecule has 0 saturated carbocycles. The zero-order valence-electron chi connectivity index (χ0n) is 12.6. The Labute approximate surface area is 127 Å². The third-order valence-electron chi connectivity index (χ3n) is 3.05. The Balaban J connectivity index is 2.40. The van der Waals surface area contributed by atoms with Crippen molar-refractivity contribution in [3.63, 3.8) is 0 Å². The van der Waals surface area contributed by atoms with Crippen molar-refractivity contribution >= 4 is 5.91 Å². The first-order valence-electron chi connectivity index (χ1n) is 6.94. The van der Waals surface area contributed by atoms with Crippen molar-refractivity contribution in [2.24, 2.45) is 11.7 Å². The van der Waals surface area contributed by atoms with Gasteiger partial charge in [0, 0.05) is 6.54 Å². The summed E-state index contributed by atoms with van der Waals surface area (Å²) in [7, 11) is 0. The Kier molecular flexibility index (Phi) is 6.83. The van der Waals surface area contributed by atoms with E-state index in [4.69, 9.17) is 5.73 Å². The highest BCUT2D eigenvalue weighted by molar-refractivity contribution is 5.81. The molecule has 4 nitrogen and oxygen atoms in total. The van der Waals surface area contributed by atoms with E-state index >= 15 is 0 Å². The molecule has 7 heteroatoms. The number of nitrogens with two attached hydrogens (primary N) is 1. The number of hydrogen-bond acceptors (Lipinski definition) is 3. The SMILES string of the molecule is CC(C)[C@H](N)C(=O)NCc1ccc(COCC(F)(F)F)cc1. The van der Waals surface area contributed by atoms with Crippen LogP contribution in [0.5, 0.6) is 0 Å². The predicted octanol–water partition coefficient (Wildman–Crippen LogP) is 2.37. The van der Waals surface area contributed by atoms with Crippen LogP contribution in [0, 0.1) is 5.92 Å². The molecule has 1 aromatic rings. The molecule has 0 aliphatic heterocycles. The van der Waals surface area contributed by atoms with Crippen molar-refractivity contribution < 1.29 is 22.7 Å². The topological polar surface area (TPSA) is 64.4 Å². The van der Waals surface area contributed by atoms with Gasteiger partial charge in [-0.2, -0.15) is 13.2 Å². The number of carbonyl (C=O) groups excluding carboxylic acids is 1. The van der Waals surface area contributed by atoms with E-state index in [-0.39, 0.29) is 18.4 Å². The fraction of sp³-hybridized carbons (Fsp3) is 0.533. The first-order valence-corrected chi connectivity index (χ1v) is 6.94. The van der Waals surface area contributed by atoms with Gasteiger partial charge in [-0.3, -0.25) is 4.79 Å². The molecule has 0 radical (unpaired) electrons. The van der Waals surface area contributed by atoms with E-state index in [1.807, 2.05) is 13.8 Å². The second-order valence-corrected chi connectivity index (χ2v) is 5.41. The van der Waals surface area contributed by atoms with Gasteiger partial charge in [-0.15, -0.1) is 0 Å². The van der Waals surface area contributed by atoms with Gasteiger partial charge in [0.2, 0.25) is 5.91 Å². The molecule has 1 amide bonds. The second kappa shape index (κ2) is 8.14. The molecule has 124 valence electrons. The van der Waals surface area contributed by atoms with E-state index in [1.54, 1.807) is 24.3 Å². The molecule has 0 fully saturated rings. The molecular weight excluding hydrogens is 297 g/mol. The van der Waals surface area contributed by atoms with Crippen LogP contribution in [0.15, 0.2) is 24.3 Å². The van der Waals surface area contributed by atoms with E-state index < -0.39 is 18.8 Å². The van der Waals surface area contributed by atoms with Crippen LogP contribution in [-0.2, 0) is 22.7 Å². The normalized spacial score (nSPS) is 13.2. The lowest BCUT2D eigenvalue weighted by Crippen LogP contribution is -2.43. The number of ether oxygens (including phenoxy) is 1. The zero-order valence-corrected chi connectivity index (χ0v) is 12.6. The molecule has 1 rings (SSSR count). The molecule has 0 spiro atoms. The molecule has 1 atom stereocenters. The number of rotatable bonds is 7. The summed E-state index contributed by atoms with van der Waals surface area (Å²) in [5, 5.41) is 2.72. The lowest BCUT2D eigenvalue weighted by atomic mass is 10.0. The average molecular weight is 318 g/mol. The highest BCUT2D eigenvalue weighted by Crippen LogP contribution is 2.15. The summed E-state index contributed by atoms with van der Waals surface area (Å²) >= 11 is 0. The summed E-state index contributed by atoms with van der Waals surface area (Å²) < 4.78 is 40.4. The smallest absolute Gasteiger partial charge is 0.367 e. The highest BCUT2D eigenvalue weighted by Gasteiger charge is 2.27. The van der Waals surface area contributed by atoms with Crippen LogP contribution in [-0.4, -0.2) is 24.7 Å². The monoisotopic (exact) mass is 318 g/mol. The third kappa shape index (κ3) is 6.91. The van der Waals surface area contributed by atoms with Crippen molar-refractivity contribution in [3.05, 3.63) is 35.4 Å². The summed E-state index contributed by atoms with van der Waals surface area (Å²) in [5.74, 6) is -0.180. The molecule has 3 N–H and O–H groups in total. The van der Waals surface area contributed by atoms with Gasteiger partial charge in [0.15, 0.2) is 0 Å².